The zero-order valence-corrected chi connectivity index (χ0v) is 18.6. The number of rotatable bonds is 9. The number of esters is 1. The van der Waals surface area contributed by atoms with E-state index in [9.17, 15) is 26.8 Å². The smallest absolute Gasteiger partial charge is 0.387 e. The van der Waals surface area contributed by atoms with Crippen LogP contribution in [0.4, 0.5) is 20.2 Å². The van der Waals surface area contributed by atoms with Gasteiger partial charge in [0.25, 0.3) is 15.9 Å². The third-order valence-corrected chi connectivity index (χ3v) is 5.74. The van der Waals surface area contributed by atoms with Gasteiger partial charge in [0.2, 0.25) is 0 Å². The molecule has 0 bridgehead atoms. The quantitative estimate of drug-likeness (QED) is 0.435. The van der Waals surface area contributed by atoms with Crippen molar-refractivity contribution < 1.29 is 36.3 Å². The molecule has 0 unspecified atom stereocenters. The third-order valence-electron chi connectivity index (χ3n) is 4.36. The van der Waals surface area contributed by atoms with Crippen LogP contribution in [0.5, 0.6) is 5.75 Å². The van der Waals surface area contributed by atoms with Gasteiger partial charge >= 0.3 is 12.6 Å². The Hall–Kier alpha value is -3.99. The van der Waals surface area contributed by atoms with Gasteiger partial charge in [-0.2, -0.15) is 8.78 Å². The van der Waals surface area contributed by atoms with E-state index in [4.69, 9.17) is 4.74 Å². The van der Waals surface area contributed by atoms with E-state index in [0.717, 1.165) is 11.6 Å². The monoisotopic (exact) mass is 490 g/mol. The summed E-state index contributed by atoms with van der Waals surface area (Å²) in [5.41, 5.74) is 1.10. The predicted octanol–water partition coefficient (Wildman–Crippen LogP) is 4.19. The molecule has 0 fully saturated rings. The number of nitrogens with one attached hydrogen (secondary N) is 2. The van der Waals surface area contributed by atoms with E-state index in [0.29, 0.717) is 5.69 Å². The molecule has 2 N–H and O–H groups in total. The molecule has 8 nitrogen and oxygen atoms in total. The Balaban J connectivity index is 1.64. The number of carbonyl (C=O) groups is 2. The normalized spacial score (nSPS) is 11.1. The first-order valence-electron chi connectivity index (χ1n) is 9.84. The number of halogens is 2. The molecule has 3 aromatic rings. The van der Waals surface area contributed by atoms with Gasteiger partial charge in [0, 0.05) is 5.69 Å². The highest BCUT2D eigenvalue weighted by molar-refractivity contribution is 7.92. The van der Waals surface area contributed by atoms with Gasteiger partial charge in [0.15, 0.2) is 6.61 Å². The van der Waals surface area contributed by atoms with Crippen LogP contribution in [0.25, 0.3) is 0 Å². The standard InChI is InChI=1S/C23H20F2N2O6S/c1-15-6-4-8-17(12-15)27-34(30,31)18-9-5-7-16(13-18)22(29)32-14-21(28)26-19-10-2-3-11-20(19)33-23(24)25/h2-13,23,27H,14H2,1H3,(H,26,28). The van der Waals surface area contributed by atoms with Crippen LogP contribution in [0.3, 0.4) is 0 Å². The number of carbonyl (C=O) groups excluding carboxylic acids is 2. The van der Waals surface area contributed by atoms with Crippen LogP contribution >= 0.6 is 0 Å². The molecule has 0 aliphatic rings. The van der Waals surface area contributed by atoms with Gasteiger partial charge in [-0.3, -0.25) is 9.52 Å². The number of benzene rings is 3. The lowest BCUT2D eigenvalue weighted by atomic mass is 10.2. The summed E-state index contributed by atoms with van der Waals surface area (Å²) in [5, 5.41) is 2.31. The molecule has 0 spiro atoms. The van der Waals surface area contributed by atoms with Crippen molar-refractivity contribution in [2.24, 2.45) is 0 Å². The first kappa shape index (κ1) is 24.6. The first-order valence-corrected chi connectivity index (χ1v) is 11.3. The Morgan fingerprint density at radius 3 is 2.44 bits per heavy atom. The summed E-state index contributed by atoms with van der Waals surface area (Å²) >= 11 is 0. The summed E-state index contributed by atoms with van der Waals surface area (Å²) in [6.45, 7) is -2.00. The van der Waals surface area contributed by atoms with Crippen LogP contribution in [0.1, 0.15) is 15.9 Å². The van der Waals surface area contributed by atoms with Gasteiger partial charge in [-0.25, -0.2) is 13.2 Å². The molecule has 3 aromatic carbocycles. The molecule has 0 radical (unpaired) electrons. The Labute approximate surface area is 194 Å². The number of hydrogen-bond donors (Lipinski definition) is 2. The van der Waals surface area contributed by atoms with E-state index in [1.807, 2.05) is 13.0 Å². The summed E-state index contributed by atoms with van der Waals surface area (Å²) in [7, 11) is -3.99. The molecule has 0 aliphatic carbocycles. The molecular formula is C23H20F2N2O6S. The average Bonchev–Trinajstić information content (AvgIpc) is 2.78. The fourth-order valence-electron chi connectivity index (χ4n) is 2.88. The zero-order chi connectivity index (χ0) is 24.7. The minimum Gasteiger partial charge on any atom is -0.452 e. The highest BCUT2D eigenvalue weighted by atomic mass is 32.2. The molecule has 3 rings (SSSR count). The van der Waals surface area contributed by atoms with E-state index < -0.39 is 35.1 Å². The largest absolute Gasteiger partial charge is 0.452 e. The SMILES string of the molecule is Cc1cccc(NS(=O)(=O)c2cccc(C(=O)OCC(=O)Nc3ccccc3OC(F)F)c2)c1. The Kier molecular flexibility index (Phi) is 7.79. The van der Waals surface area contributed by atoms with Gasteiger partial charge in [0.05, 0.1) is 16.1 Å². The Morgan fingerprint density at radius 1 is 0.971 bits per heavy atom. The maximum Gasteiger partial charge on any atom is 0.387 e. The van der Waals surface area contributed by atoms with Crippen LogP contribution < -0.4 is 14.8 Å². The van der Waals surface area contributed by atoms with Crippen molar-refractivity contribution >= 4 is 33.3 Å². The van der Waals surface area contributed by atoms with Crippen molar-refractivity contribution in [3.63, 3.8) is 0 Å². The van der Waals surface area contributed by atoms with E-state index in [-0.39, 0.29) is 21.9 Å². The second-order valence-electron chi connectivity index (χ2n) is 7.00. The topological polar surface area (TPSA) is 111 Å². The molecule has 0 saturated heterocycles. The average molecular weight is 490 g/mol. The second kappa shape index (κ2) is 10.8. The van der Waals surface area contributed by atoms with E-state index in [2.05, 4.69) is 14.8 Å². The minimum atomic E-state index is -3.99. The number of amides is 1. The maximum absolute atomic E-state index is 12.7. The second-order valence-corrected chi connectivity index (χ2v) is 8.68. The summed E-state index contributed by atoms with van der Waals surface area (Å²) in [6, 6.07) is 17.4. The van der Waals surface area contributed by atoms with E-state index in [1.165, 1.54) is 42.5 Å². The third kappa shape index (κ3) is 6.75. The zero-order valence-electron chi connectivity index (χ0n) is 17.8. The predicted molar refractivity (Wildman–Crippen MR) is 120 cm³/mol. The van der Waals surface area contributed by atoms with Gasteiger partial charge in [-0.1, -0.05) is 30.3 Å². The van der Waals surface area contributed by atoms with Crippen molar-refractivity contribution in [1.82, 2.24) is 0 Å². The molecule has 1 amide bonds. The van der Waals surface area contributed by atoms with Gasteiger partial charge < -0.3 is 14.8 Å². The van der Waals surface area contributed by atoms with Gasteiger partial charge in [0.1, 0.15) is 5.75 Å². The number of aryl methyl sites for hydroxylation is 1. The number of sulfonamides is 1. The number of hydrogen-bond acceptors (Lipinski definition) is 6. The molecule has 0 saturated carbocycles. The van der Waals surface area contributed by atoms with Gasteiger partial charge in [-0.15, -0.1) is 0 Å². The fourth-order valence-corrected chi connectivity index (χ4v) is 3.98. The highest BCUT2D eigenvalue weighted by Gasteiger charge is 2.18. The van der Waals surface area contributed by atoms with Crippen LogP contribution in [-0.4, -0.2) is 33.5 Å². The summed E-state index contributed by atoms with van der Waals surface area (Å²) in [5.74, 6) is -2.00. The lowest BCUT2D eigenvalue weighted by Crippen LogP contribution is -2.21. The van der Waals surface area contributed by atoms with Crippen molar-refractivity contribution in [1.29, 1.82) is 0 Å². The number of anilines is 2. The van der Waals surface area contributed by atoms with Crippen LogP contribution in [0.2, 0.25) is 0 Å². The molecule has 0 atom stereocenters. The van der Waals surface area contributed by atoms with Crippen LogP contribution in [0.15, 0.2) is 77.7 Å². The summed E-state index contributed by atoms with van der Waals surface area (Å²) in [4.78, 5) is 24.3. The number of alkyl halides is 2. The Morgan fingerprint density at radius 2 is 1.71 bits per heavy atom. The van der Waals surface area contributed by atoms with Crippen molar-refractivity contribution in [3.8, 4) is 5.75 Å². The molecule has 0 aromatic heterocycles. The molecular weight excluding hydrogens is 470 g/mol. The highest BCUT2D eigenvalue weighted by Crippen LogP contribution is 2.25. The van der Waals surface area contributed by atoms with Crippen LogP contribution in [-0.2, 0) is 19.6 Å². The van der Waals surface area contributed by atoms with Crippen LogP contribution in [0, 0.1) is 6.92 Å². The van der Waals surface area contributed by atoms with Crippen molar-refractivity contribution in [2.75, 3.05) is 16.6 Å². The Bertz CT molecular complexity index is 1300. The number of para-hydroxylation sites is 2. The minimum absolute atomic E-state index is 0.0286. The van der Waals surface area contributed by atoms with Gasteiger partial charge in [-0.05, 0) is 55.0 Å². The van der Waals surface area contributed by atoms with E-state index >= 15 is 0 Å². The molecule has 178 valence electrons. The lowest BCUT2D eigenvalue weighted by molar-refractivity contribution is -0.119. The maximum atomic E-state index is 12.7. The summed E-state index contributed by atoms with van der Waals surface area (Å²) < 4.78 is 62.0. The molecule has 34 heavy (non-hydrogen) atoms. The summed E-state index contributed by atoms with van der Waals surface area (Å²) in [6.07, 6.45) is 0. The van der Waals surface area contributed by atoms with E-state index in [1.54, 1.807) is 18.2 Å². The molecule has 11 heteroatoms. The first-order chi connectivity index (χ1) is 16.1. The molecule has 0 heterocycles. The lowest BCUT2D eigenvalue weighted by Gasteiger charge is -2.12. The van der Waals surface area contributed by atoms with Crippen molar-refractivity contribution in [2.45, 2.75) is 18.4 Å². The fraction of sp³-hybridized carbons (Fsp3) is 0.130. The van der Waals surface area contributed by atoms with Crippen molar-refractivity contribution in [3.05, 3.63) is 83.9 Å². The molecule has 0 aliphatic heterocycles. The number of ether oxygens (including phenoxy) is 2.